The van der Waals surface area contributed by atoms with Gasteiger partial charge >= 0.3 is 0 Å². The van der Waals surface area contributed by atoms with Gasteiger partial charge in [-0.2, -0.15) is 0 Å². The first-order valence-corrected chi connectivity index (χ1v) is 5.33. The number of para-hydroxylation sites is 1. The summed E-state index contributed by atoms with van der Waals surface area (Å²) >= 11 is 0. The molecule has 0 aliphatic carbocycles. The molecule has 0 aromatic heterocycles. The maximum Gasteiger partial charge on any atom is 0.126 e. The summed E-state index contributed by atoms with van der Waals surface area (Å²) in [5.41, 5.74) is 1.65. The van der Waals surface area contributed by atoms with Crippen molar-refractivity contribution in [3.05, 3.63) is 35.9 Å². The summed E-state index contributed by atoms with van der Waals surface area (Å²) in [4.78, 5) is 0. The average molecular weight is 219 g/mol. The minimum atomic E-state index is 0.674. The molecule has 3 heteroatoms. The summed E-state index contributed by atoms with van der Waals surface area (Å²) in [7, 11) is 1.64. The smallest absolute Gasteiger partial charge is 0.126 e. The van der Waals surface area contributed by atoms with Gasteiger partial charge in [-0.25, -0.2) is 0 Å². The van der Waals surface area contributed by atoms with Crippen molar-refractivity contribution in [3.8, 4) is 5.75 Å². The van der Waals surface area contributed by atoms with Crippen LogP contribution in [0.15, 0.2) is 35.5 Å². The maximum atomic E-state index is 8.77. The lowest BCUT2D eigenvalue weighted by molar-refractivity contribution is 0.318. The van der Waals surface area contributed by atoms with Crippen LogP contribution in [0, 0.1) is 0 Å². The van der Waals surface area contributed by atoms with E-state index in [0.717, 1.165) is 24.2 Å². The number of allylic oxidation sites excluding steroid dienone is 1. The standard InChI is InChI=1S/C13H17NO2/c1-3-6-12(14-15)10-9-11-7-4-5-8-13(11)16-2/h4-5,7-10,15H,3,6H2,1-2H3/b10-9+,14-12+. The third-order valence-corrected chi connectivity index (χ3v) is 2.23. The molecular weight excluding hydrogens is 202 g/mol. The van der Waals surface area contributed by atoms with Crippen LogP contribution in [0.2, 0.25) is 0 Å². The monoisotopic (exact) mass is 219 g/mol. The second kappa shape index (κ2) is 6.67. The fourth-order valence-electron chi connectivity index (χ4n) is 1.41. The van der Waals surface area contributed by atoms with Crippen molar-refractivity contribution in [2.75, 3.05) is 7.11 Å². The molecule has 0 bridgehead atoms. The Morgan fingerprint density at radius 1 is 1.44 bits per heavy atom. The molecule has 0 heterocycles. The van der Waals surface area contributed by atoms with Gasteiger partial charge in [0.05, 0.1) is 12.8 Å². The van der Waals surface area contributed by atoms with E-state index in [-0.39, 0.29) is 0 Å². The van der Waals surface area contributed by atoms with E-state index in [1.807, 2.05) is 37.3 Å². The average Bonchev–Trinajstić information content (AvgIpc) is 2.34. The van der Waals surface area contributed by atoms with Crippen LogP contribution >= 0.6 is 0 Å². The highest BCUT2D eigenvalue weighted by Gasteiger charge is 1.98. The number of rotatable bonds is 5. The van der Waals surface area contributed by atoms with E-state index in [2.05, 4.69) is 5.16 Å². The van der Waals surface area contributed by atoms with Crippen molar-refractivity contribution >= 4 is 11.8 Å². The minimum absolute atomic E-state index is 0.674. The van der Waals surface area contributed by atoms with Crippen molar-refractivity contribution < 1.29 is 9.94 Å². The molecule has 0 saturated carbocycles. The zero-order valence-electron chi connectivity index (χ0n) is 9.68. The number of hydrogen-bond acceptors (Lipinski definition) is 3. The molecule has 1 aromatic rings. The van der Waals surface area contributed by atoms with Crippen LogP contribution in [0.25, 0.3) is 6.08 Å². The highest BCUT2D eigenvalue weighted by atomic mass is 16.5. The normalized spacial score (nSPS) is 12.0. The third kappa shape index (κ3) is 3.42. The van der Waals surface area contributed by atoms with Crippen LogP contribution in [0.5, 0.6) is 5.75 Å². The van der Waals surface area contributed by atoms with Crippen molar-refractivity contribution in [1.29, 1.82) is 0 Å². The van der Waals surface area contributed by atoms with Gasteiger partial charge in [0.1, 0.15) is 5.75 Å². The predicted octanol–water partition coefficient (Wildman–Crippen LogP) is 3.34. The lowest BCUT2D eigenvalue weighted by Crippen LogP contribution is -1.92. The van der Waals surface area contributed by atoms with Crippen LogP contribution in [0.3, 0.4) is 0 Å². The van der Waals surface area contributed by atoms with Gasteiger partial charge in [-0.05, 0) is 24.6 Å². The molecule has 0 radical (unpaired) electrons. The SMILES string of the molecule is CCCC(/C=C/c1ccccc1OC)=N\O. The minimum Gasteiger partial charge on any atom is -0.496 e. The van der Waals surface area contributed by atoms with Gasteiger partial charge in [0.25, 0.3) is 0 Å². The second-order valence-electron chi connectivity index (χ2n) is 3.42. The molecule has 0 spiro atoms. The van der Waals surface area contributed by atoms with E-state index in [1.165, 1.54) is 0 Å². The van der Waals surface area contributed by atoms with E-state index in [1.54, 1.807) is 13.2 Å². The molecule has 16 heavy (non-hydrogen) atoms. The zero-order valence-corrected chi connectivity index (χ0v) is 9.68. The number of oxime groups is 1. The van der Waals surface area contributed by atoms with Crippen molar-refractivity contribution in [2.24, 2.45) is 5.16 Å². The van der Waals surface area contributed by atoms with Crippen LogP contribution in [0.1, 0.15) is 25.3 Å². The summed E-state index contributed by atoms with van der Waals surface area (Å²) in [6.07, 6.45) is 5.42. The van der Waals surface area contributed by atoms with Crippen molar-refractivity contribution in [1.82, 2.24) is 0 Å². The lowest BCUT2D eigenvalue weighted by atomic mass is 10.1. The Morgan fingerprint density at radius 3 is 2.81 bits per heavy atom. The lowest BCUT2D eigenvalue weighted by Gasteiger charge is -2.03. The Labute approximate surface area is 96.1 Å². The topological polar surface area (TPSA) is 41.8 Å². The number of hydrogen-bond donors (Lipinski definition) is 1. The van der Waals surface area contributed by atoms with Gasteiger partial charge in [0.2, 0.25) is 0 Å². The highest BCUT2D eigenvalue weighted by molar-refractivity contribution is 5.98. The molecule has 0 atom stereocenters. The van der Waals surface area contributed by atoms with E-state index < -0.39 is 0 Å². The number of methoxy groups -OCH3 is 1. The highest BCUT2D eigenvalue weighted by Crippen LogP contribution is 2.18. The largest absolute Gasteiger partial charge is 0.496 e. The Kier molecular flexibility index (Phi) is 5.12. The second-order valence-corrected chi connectivity index (χ2v) is 3.42. The molecular formula is C13H17NO2. The molecule has 86 valence electrons. The number of nitrogens with zero attached hydrogens (tertiary/aromatic N) is 1. The molecule has 1 aromatic carbocycles. The fourth-order valence-corrected chi connectivity index (χ4v) is 1.41. The summed E-state index contributed by atoms with van der Waals surface area (Å²) in [5.74, 6) is 0.813. The van der Waals surface area contributed by atoms with Gasteiger partial charge in [-0.1, -0.05) is 36.7 Å². The van der Waals surface area contributed by atoms with Gasteiger partial charge in [0, 0.05) is 5.56 Å². The maximum absolute atomic E-state index is 8.77. The van der Waals surface area contributed by atoms with Gasteiger partial charge in [-0.15, -0.1) is 0 Å². The van der Waals surface area contributed by atoms with E-state index in [9.17, 15) is 0 Å². The predicted molar refractivity (Wildman–Crippen MR) is 66.2 cm³/mol. The van der Waals surface area contributed by atoms with Crippen molar-refractivity contribution in [3.63, 3.8) is 0 Å². The quantitative estimate of drug-likeness (QED) is 0.469. The Hall–Kier alpha value is -1.77. The fraction of sp³-hybridized carbons (Fsp3) is 0.308. The number of ether oxygens (including phenoxy) is 1. The molecule has 3 nitrogen and oxygen atoms in total. The summed E-state index contributed by atoms with van der Waals surface area (Å²) < 4.78 is 5.22. The molecule has 0 unspecified atom stereocenters. The van der Waals surface area contributed by atoms with E-state index in [4.69, 9.17) is 9.94 Å². The summed E-state index contributed by atoms with van der Waals surface area (Å²) in [5, 5.41) is 12.0. The molecule has 0 aliphatic heterocycles. The third-order valence-electron chi connectivity index (χ3n) is 2.23. The van der Waals surface area contributed by atoms with Gasteiger partial charge in [0.15, 0.2) is 0 Å². The molecule has 0 amide bonds. The van der Waals surface area contributed by atoms with Crippen LogP contribution in [0.4, 0.5) is 0 Å². The molecule has 0 saturated heterocycles. The molecule has 0 fully saturated rings. The first kappa shape index (κ1) is 12.3. The first-order valence-electron chi connectivity index (χ1n) is 5.33. The summed E-state index contributed by atoms with van der Waals surface area (Å²) in [6.45, 7) is 2.04. The molecule has 1 N–H and O–H groups in total. The van der Waals surface area contributed by atoms with Crippen LogP contribution in [-0.4, -0.2) is 18.0 Å². The zero-order chi connectivity index (χ0) is 11.8. The van der Waals surface area contributed by atoms with E-state index >= 15 is 0 Å². The molecule has 1 rings (SSSR count). The van der Waals surface area contributed by atoms with E-state index in [0.29, 0.717) is 5.71 Å². The van der Waals surface area contributed by atoms with Gasteiger partial charge in [-0.3, -0.25) is 0 Å². The van der Waals surface area contributed by atoms with Crippen LogP contribution in [-0.2, 0) is 0 Å². The molecule has 0 aliphatic rings. The first-order chi connectivity index (χ1) is 7.81. The summed E-state index contributed by atoms with van der Waals surface area (Å²) in [6, 6.07) is 7.71. The Balaban J connectivity index is 2.82. The van der Waals surface area contributed by atoms with Gasteiger partial charge < -0.3 is 9.94 Å². The van der Waals surface area contributed by atoms with Crippen molar-refractivity contribution in [2.45, 2.75) is 19.8 Å². The van der Waals surface area contributed by atoms with Crippen LogP contribution < -0.4 is 4.74 Å². The Morgan fingerprint density at radius 2 is 2.19 bits per heavy atom. The Bertz CT molecular complexity index is 383. The number of benzene rings is 1.